The molecule has 5 heteroatoms. The molecule has 0 spiro atoms. The zero-order valence-electron chi connectivity index (χ0n) is 25.3. The summed E-state index contributed by atoms with van der Waals surface area (Å²) in [4.78, 5) is 10.4. The standard InChI is InChI=1S/C42H27N5/c1-2-13-28(14-3-1)41-44-40-39(47-37-23-10-6-19-33(37)34-20-7-11-24-38(34)47)25-26-43-42(40)46(41)30-16-12-15-29(27-30)45-35-21-8-4-17-31(35)32-18-5-9-22-36(32)45/h1-27H. The lowest BCUT2D eigenvalue weighted by Crippen LogP contribution is -2.01. The molecule has 0 amide bonds. The second-order valence-electron chi connectivity index (χ2n) is 11.9. The molecule has 0 saturated carbocycles. The number of imidazole rings is 1. The topological polar surface area (TPSA) is 40.6 Å². The molecule has 10 aromatic rings. The molecule has 0 saturated heterocycles. The molecule has 0 atom stereocenters. The van der Waals surface area contributed by atoms with Crippen LogP contribution in [0.1, 0.15) is 0 Å². The fraction of sp³-hybridized carbons (Fsp3) is 0. The van der Waals surface area contributed by atoms with Crippen molar-refractivity contribution < 1.29 is 0 Å². The van der Waals surface area contributed by atoms with Gasteiger partial charge in [0.15, 0.2) is 5.65 Å². The van der Waals surface area contributed by atoms with E-state index < -0.39 is 0 Å². The van der Waals surface area contributed by atoms with E-state index in [1.165, 1.54) is 32.6 Å². The van der Waals surface area contributed by atoms with Crippen LogP contribution in [0.3, 0.4) is 0 Å². The highest BCUT2D eigenvalue weighted by Gasteiger charge is 2.22. The molecule has 47 heavy (non-hydrogen) atoms. The maximum atomic E-state index is 5.39. The highest BCUT2D eigenvalue weighted by molar-refractivity contribution is 6.11. The second-order valence-corrected chi connectivity index (χ2v) is 11.9. The summed E-state index contributed by atoms with van der Waals surface area (Å²) in [7, 11) is 0. The van der Waals surface area contributed by atoms with Crippen LogP contribution in [-0.2, 0) is 0 Å². The maximum absolute atomic E-state index is 5.39. The Hall–Kier alpha value is -6.46. The van der Waals surface area contributed by atoms with E-state index in [1.54, 1.807) is 0 Å². The van der Waals surface area contributed by atoms with Crippen molar-refractivity contribution in [3.63, 3.8) is 0 Å². The van der Waals surface area contributed by atoms with Gasteiger partial charge in [-0.05, 0) is 48.5 Å². The lowest BCUT2D eigenvalue weighted by atomic mass is 10.2. The van der Waals surface area contributed by atoms with Gasteiger partial charge < -0.3 is 9.13 Å². The van der Waals surface area contributed by atoms with Crippen LogP contribution in [0.15, 0.2) is 164 Å². The number of nitrogens with zero attached hydrogens (tertiary/aromatic N) is 5. The van der Waals surface area contributed by atoms with Gasteiger partial charge in [0, 0.05) is 39.0 Å². The van der Waals surface area contributed by atoms with Gasteiger partial charge >= 0.3 is 0 Å². The Bertz CT molecular complexity index is 2690. The highest BCUT2D eigenvalue weighted by Crippen LogP contribution is 2.37. The van der Waals surface area contributed by atoms with Crippen molar-refractivity contribution in [2.45, 2.75) is 0 Å². The Labute approximate surface area is 270 Å². The molecular formula is C42H27N5. The van der Waals surface area contributed by atoms with Crippen LogP contribution < -0.4 is 0 Å². The first-order chi connectivity index (χ1) is 23.3. The van der Waals surface area contributed by atoms with Crippen molar-refractivity contribution in [3.8, 4) is 28.5 Å². The van der Waals surface area contributed by atoms with Crippen LogP contribution >= 0.6 is 0 Å². The molecule has 0 aliphatic rings. The van der Waals surface area contributed by atoms with Gasteiger partial charge in [-0.25, -0.2) is 9.97 Å². The van der Waals surface area contributed by atoms with Crippen molar-refractivity contribution in [2.75, 3.05) is 0 Å². The molecule has 6 aromatic carbocycles. The number of benzene rings is 6. The summed E-state index contributed by atoms with van der Waals surface area (Å²) >= 11 is 0. The van der Waals surface area contributed by atoms with Gasteiger partial charge in [-0.2, -0.15) is 0 Å². The number of hydrogen-bond acceptors (Lipinski definition) is 2. The molecule has 0 N–H and O–H groups in total. The monoisotopic (exact) mass is 601 g/mol. The average Bonchev–Trinajstić information content (AvgIpc) is 3.80. The lowest BCUT2D eigenvalue weighted by molar-refractivity contribution is 1.06. The van der Waals surface area contributed by atoms with E-state index >= 15 is 0 Å². The van der Waals surface area contributed by atoms with Gasteiger partial charge in [-0.3, -0.25) is 4.57 Å². The zero-order valence-corrected chi connectivity index (χ0v) is 25.3. The second kappa shape index (κ2) is 10.0. The molecule has 5 nitrogen and oxygen atoms in total. The lowest BCUT2D eigenvalue weighted by Gasteiger charge is -2.13. The summed E-state index contributed by atoms with van der Waals surface area (Å²) in [6.07, 6.45) is 1.91. The minimum atomic E-state index is 0.808. The third-order valence-electron chi connectivity index (χ3n) is 9.30. The van der Waals surface area contributed by atoms with E-state index in [2.05, 4.69) is 165 Å². The zero-order chi connectivity index (χ0) is 30.9. The first kappa shape index (κ1) is 25.8. The Morgan fingerprint density at radius 3 is 1.47 bits per heavy atom. The van der Waals surface area contributed by atoms with Gasteiger partial charge in [0.05, 0.1) is 33.4 Å². The molecule has 10 rings (SSSR count). The van der Waals surface area contributed by atoms with Crippen LogP contribution in [0.5, 0.6) is 0 Å². The van der Waals surface area contributed by atoms with Crippen molar-refractivity contribution in [1.82, 2.24) is 23.7 Å². The van der Waals surface area contributed by atoms with Crippen LogP contribution in [-0.4, -0.2) is 23.7 Å². The summed E-state index contributed by atoms with van der Waals surface area (Å²) in [5, 5.41) is 4.91. The number of fused-ring (bicyclic) bond motifs is 7. The predicted molar refractivity (Wildman–Crippen MR) is 193 cm³/mol. The Balaban J connectivity index is 1.27. The number of hydrogen-bond donors (Lipinski definition) is 0. The molecule has 0 aliphatic heterocycles. The molecule has 0 unspecified atom stereocenters. The molecule has 0 bridgehead atoms. The van der Waals surface area contributed by atoms with Crippen LogP contribution in [0, 0.1) is 0 Å². The van der Waals surface area contributed by atoms with Crippen LogP contribution in [0.25, 0.3) is 83.2 Å². The van der Waals surface area contributed by atoms with E-state index in [1.807, 2.05) is 12.3 Å². The van der Waals surface area contributed by atoms with E-state index in [0.717, 1.165) is 50.6 Å². The summed E-state index contributed by atoms with van der Waals surface area (Å²) in [5.74, 6) is 0.848. The van der Waals surface area contributed by atoms with Gasteiger partial charge in [0.25, 0.3) is 0 Å². The maximum Gasteiger partial charge on any atom is 0.167 e. The molecular weight excluding hydrogens is 574 g/mol. The Kier molecular flexibility index (Phi) is 5.51. The van der Waals surface area contributed by atoms with Gasteiger partial charge in [0.2, 0.25) is 0 Å². The SMILES string of the molecule is c1ccc(-c2nc3c(-n4c5ccccc5c5ccccc54)ccnc3n2-c2cccc(-n3c4ccccc4c4ccccc43)c2)cc1. The smallest absolute Gasteiger partial charge is 0.167 e. The Morgan fingerprint density at radius 1 is 0.404 bits per heavy atom. The summed E-state index contributed by atoms with van der Waals surface area (Å²) in [6, 6.07) is 55.6. The number of pyridine rings is 1. The van der Waals surface area contributed by atoms with E-state index in [0.29, 0.717) is 0 Å². The predicted octanol–water partition coefficient (Wildman–Crippen LogP) is 10.3. The minimum absolute atomic E-state index is 0.808. The Morgan fingerprint density at radius 2 is 0.894 bits per heavy atom. The summed E-state index contributed by atoms with van der Waals surface area (Å²) in [6.45, 7) is 0. The van der Waals surface area contributed by atoms with Crippen molar-refractivity contribution in [1.29, 1.82) is 0 Å². The number of rotatable bonds is 4. The molecule has 0 fully saturated rings. The van der Waals surface area contributed by atoms with Crippen molar-refractivity contribution in [2.24, 2.45) is 0 Å². The third-order valence-corrected chi connectivity index (χ3v) is 9.30. The molecule has 0 aliphatic carbocycles. The number of para-hydroxylation sites is 4. The number of aromatic nitrogens is 5. The summed E-state index contributed by atoms with van der Waals surface area (Å²) < 4.78 is 6.89. The molecule has 0 radical (unpaired) electrons. The minimum Gasteiger partial charge on any atom is -0.309 e. The quantitative estimate of drug-likeness (QED) is 0.201. The molecule has 4 heterocycles. The van der Waals surface area contributed by atoms with Crippen molar-refractivity contribution in [3.05, 3.63) is 164 Å². The fourth-order valence-corrected chi connectivity index (χ4v) is 7.32. The normalized spacial score (nSPS) is 11.8. The van der Waals surface area contributed by atoms with E-state index in [4.69, 9.17) is 9.97 Å². The average molecular weight is 602 g/mol. The largest absolute Gasteiger partial charge is 0.309 e. The third kappa shape index (κ3) is 3.77. The van der Waals surface area contributed by atoms with Crippen LogP contribution in [0.4, 0.5) is 0 Å². The van der Waals surface area contributed by atoms with E-state index in [-0.39, 0.29) is 0 Å². The molecule has 4 aromatic heterocycles. The first-order valence-electron chi connectivity index (χ1n) is 15.9. The van der Waals surface area contributed by atoms with Gasteiger partial charge in [-0.15, -0.1) is 0 Å². The van der Waals surface area contributed by atoms with Crippen LogP contribution in [0.2, 0.25) is 0 Å². The first-order valence-corrected chi connectivity index (χ1v) is 15.9. The van der Waals surface area contributed by atoms with E-state index in [9.17, 15) is 0 Å². The van der Waals surface area contributed by atoms with Gasteiger partial charge in [0.1, 0.15) is 11.3 Å². The van der Waals surface area contributed by atoms with Gasteiger partial charge in [-0.1, -0.05) is 109 Å². The fourth-order valence-electron chi connectivity index (χ4n) is 7.32. The van der Waals surface area contributed by atoms with Crippen molar-refractivity contribution >= 4 is 54.8 Å². The summed E-state index contributed by atoms with van der Waals surface area (Å²) in [5.41, 5.74) is 10.4. The molecule has 220 valence electrons. The highest BCUT2D eigenvalue weighted by atomic mass is 15.2.